The Morgan fingerprint density at radius 3 is 1.83 bits per heavy atom. The van der Waals surface area contributed by atoms with Crippen LogP contribution in [0.15, 0.2) is 0 Å². The highest BCUT2D eigenvalue weighted by molar-refractivity contribution is 6.51. The summed E-state index contributed by atoms with van der Waals surface area (Å²) in [4.78, 5) is 0. The highest BCUT2D eigenvalue weighted by Gasteiger charge is 2.52. The molecule has 0 N–H and O–H groups in total. The van der Waals surface area contributed by atoms with E-state index < -0.39 is 10.4 Å². The molecule has 0 aliphatic heterocycles. The molecule has 1 unspecified atom stereocenters. The van der Waals surface area contributed by atoms with Gasteiger partial charge in [-0.25, -0.2) is 5.11 Å². The molecule has 35 valence electrons. The fourth-order valence-electron chi connectivity index (χ4n) is 0.188. The van der Waals surface area contributed by atoms with Crippen molar-refractivity contribution in [1.29, 1.82) is 0 Å². The summed E-state index contributed by atoms with van der Waals surface area (Å²) in [6.45, 7) is 0. The Morgan fingerprint density at radius 2 is 1.83 bits per heavy atom. The van der Waals surface area contributed by atoms with E-state index >= 15 is 0 Å². The average Bonchev–Trinajstić information content (AvgIpc) is 1.73. The third-order valence-electron chi connectivity index (χ3n) is 0.768. The third-order valence-corrected chi connectivity index (χ3v) is 1.56. The van der Waals surface area contributed by atoms with Crippen LogP contribution < -0.4 is 0 Å². The molecule has 0 amide bonds. The van der Waals surface area contributed by atoms with Crippen LogP contribution in [0.5, 0.6) is 0 Å². The van der Waals surface area contributed by atoms with E-state index in [4.69, 9.17) is 23.2 Å². The Labute approximate surface area is 45.9 Å². The van der Waals surface area contributed by atoms with E-state index in [2.05, 4.69) is 0 Å². The highest BCUT2D eigenvalue weighted by Crippen LogP contribution is 2.46. The number of alkyl halides is 2. The summed E-state index contributed by atoms with van der Waals surface area (Å²) >= 11 is 10.5. The molecular weight excluding hydrogens is 123 g/mol. The van der Waals surface area contributed by atoms with Crippen LogP contribution in [0.25, 0.3) is 0 Å². The molecule has 3 heteroatoms. The first-order chi connectivity index (χ1) is 2.63. The number of hydrogen-bond donors (Lipinski definition) is 0. The van der Waals surface area contributed by atoms with Crippen molar-refractivity contribution in [3.05, 3.63) is 0 Å². The van der Waals surface area contributed by atoms with Gasteiger partial charge >= 0.3 is 0 Å². The van der Waals surface area contributed by atoms with Gasteiger partial charge in [0.1, 0.15) is 10.4 Å². The van der Waals surface area contributed by atoms with Crippen molar-refractivity contribution in [3.63, 3.8) is 0 Å². The van der Waals surface area contributed by atoms with E-state index in [1.807, 2.05) is 0 Å². The van der Waals surface area contributed by atoms with Crippen molar-refractivity contribution in [2.45, 2.75) is 16.9 Å². The Morgan fingerprint density at radius 1 is 1.67 bits per heavy atom. The molecule has 0 aromatic carbocycles. The zero-order valence-corrected chi connectivity index (χ0v) is 4.46. The first-order valence-electron chi connectivity index (χ1n) is 1.66. The summed E-state index contributed by atoms with van der Waals surface area (Å²) in [6, 6.07) is 0. The maximum Gasteiger partial charge on any atom is 0.150 e. The van der Waals surface area contributed by atoms with Gasteiger partial charge in [-0.2, -0.15) is 0 Å². The number of halogens is 2. The predicted molar refractivity (Wildman–Crippen MR) is 23.5 cm³/mol. The van der Waals surface area contributed by atoms with Crippen molar-refractivity contribution in [1.82, 2.24) is 0 Å². The average molecular weight is 126 g/mol. The molecule has 6 heavy (non-hydrogen) atoms. The Hall–Kier alpha value is 0.540. The van der Waals surface area contributed by atoms with Crippen molar-refractivity contribution in [2.24, 2.45) is 0 Å². The zero-order chi connectivity index (χ0) is 4.78. The van der Waals surface area contributed by atoms with Gasteiger partial charge < -0.3 is 0 Å². The van der Waals surface area contributed by atoms with Crippen LogP contribution in [0, 0.1) is 0 Å². The molecule has 1 radical (unpaired) electrons. The minimum atomic E-state index is -0.903. The van der Waals surface area contributed by atoms with Crippen molar-refractivity contribution in [2.75, 3.05) is 0 Å². The lowest BCUT2D eigenvalue weighted by Crippen LogP contribution is -1.89. The maximum absolute atomic E-state index is 10.0. The molecule has 1 atom stereocenters. The van der Waals surface area contributed by atoms with Gasteiger partial charge in [-0.15, -0.1) is 0 Å². The fraction of sp³-hybridized carbons (Fsp3) is 1.00. The van der Waals surface area contributed by atoms with Crippen LogP contribution >= 0.6 is 23.2 Å². The van der Waals surface area contributed by atoms with Crippen LogP contribution in [-0.4, -0.2) is 10.4 Å². The second kappa shape index (κ2) is 1.03. The molecule has 1 aliphatic rings. The molecule has 0 aromatic heterocycles. The lowest BCUT2D eigenvalue weighted by atomic mass is 10.9. The minimum Gasteiger partial charge on any atom is -0.230 e. The Balaban J connectivity index is 2.41. The molecular formula is C3H3Cl2O. The number of hydrogen-bond acceptors (Lipinski definition) is 0. The molecule has 0 aromatic rings. The summed E-state index contributed by atoms with van der Waals surface area (Å²) in [5.74, 6) is 0. The Kier molecular flexibility index (Phi) is 0.804. The summed E-state index contributed by atoms with van der Waals surface area (Å²) in [7, 11) is 0. The van der Waals surface area contributed by atoms with Gasteiger partial charge in [-0.3, -0.25) is 0 Å². The first kappa shape index (κ1) is 4.69. The van der Waals surface area contributed by atoms with Gasteiger partial charge in [-0.05, 0) is 0 Å². The van der Waals surface area contributed by atoms with Crippen LogP contribution in [-0.2, 0) is 5.11 Å². The summed E-state index contributed by atoms with van der Waals surface area (Å²) in [6.07, 6.45) is -0.309. The number of rotatable bonds is 0. The molecule has 0 heterocycles. The summed E-state index contributed by atoms with van der Waals surface area (Å²) < 4.78 is -0.903. The van der Waals surface area contributed by atoms with Crippen molar-refractivity contribution >= 4 is 23.2 Å². The van der Waals surface area contributed by atoms with Gasteiger partial charge in [0.15, 0.2) is 0 Å². The molecule has 1 nitrogen and oxygen atoms in total. The van der Waals surface area contributed by atoms with E-state index in [-0.39, 0.29) is 0 Å². The van der Waals surface area contributed by atoms with E-state index in [1.165, 1.54) is 0 Å². The first-order valence-corrected chi connectivity index (χ1v) is 2.42. The SMILES string of the molecule is [O]C1CC1(Cl)Cl. The largest absolute Gasteiger partial charge is 0.230 e. The lowest BCUT2D eigenvalue weighted by Gasteiger charge is -1.82. The highest BCUT2D eigenvalue weighted by atomic mass is 35.5. The van der Waals surface area contributed by atoms with E-state index in [9.17, 15) is 5.11 Å². The van der Waals surface area contributed by atoms with E-state index in [0.717, 1.165) is 0 Å². The predicted octanol–water partition coefficient (Wildman–Crippen LogP) is 1.36. The van der Waals surface area contributed by atoms with Gasteiger partial charge in [0.2, 0.25) is 0 Å². The van der Waals surface area contributed by atoms with Crippen LogP contribution in [0.4, 0.5) is 0 Å². The second-order valence-electron chi connectivity index (χ2n) is 1.45. The van der Waals surface area contributed by atoms with Gasteiger partial charge in [0, 0.05) is 6.42 Å². The fourth-order valence-corrected chi connectivity index (χ4v) is 0.469. The lowest BCUT2D eigenvalue weighted by molar-refractivity contribution is 0.173. The standard InChI is InChI=1S/C3H3Cl2O/c4-3(5)1-2(3)6/h2H,1H2. The zero-order valence-electron chi connectivity index (χ0n) is 2.95. The molecule has 1 rings (SSSR count). The van der Waals surface area contributed by atoms with Crippen LogP contribution in [0.3, 0.4) is 0 Å². The molecule has 1 saturated carbocycles. The quantitative estimate of drug-likeness (QED) is 0.436. The molecule has 0 saturated heterocycles. The minimum absolute atomic E-state index is 0.413. The molecule has 0 spiro atoms. The van der Waals surface area contributed by atoms with E-state index in [0.29, 0.717) is 6.42 Å². The molecule has 1 aliphatic carbocycles. The molecule has 1 fully saturated rings. The topological polar surface area (TPSA) is 19.9 Å². The maximum atomic E-state index is 10.0. The van der Waals surface area contributed by atoms with Gasteiger partial charge in [0.05, 0.1) is 0 Å². The summed E-state index contributed by atoms with van der Waals surface area (Å²) in [5.41, 5.74) is 0. The van der Waals surface area contributed by atoms with Crippen LogP contribution in [0.2, 0.25) is 0 Å². The van der Waals surface area contributed by atoms with Gasteiger partial charge in [0.25, 0.3) is 0 Å². The van der Waals surface area contributed by atoms with Crippen molar-refractivity contribution in [3.8, 4) is 0 Å². The van der Waals surface area contributed by atoms with E-state index in [1.54, 1.807) is 0 Å². The van der Waals surface area contributed by atoms with Gasteiger partial charge in [-0.1, -0.05) is 23.2 Å². The molecule has 0 bridgehead atoms. The smallest absolute Gasteiger partial charge is 0.150 e. The van der Waals surface area contributed by atoms with Crippen LogP contribution in [0.1, 0.15) is 6.42 Å². The third kappa shape index (κ3) is 0.625. The summed E-state index contributed by atoms with van der Waals surface area (Å²) in [5, 5.41) is 10.0. The van der Waals surface area contributed by atoms with Crippen molar-refractivity contribution < 1.29 is 5.11 Å². The normalized spacial score (nSPS) is 39.5. The Bertz CT molecular complexity index is 71.2. The second-order valence-corrected chi connectivity index (χ2v) is 3.00. The monoisotopic (exact) mass is 125 g/mol.